The molecule has 0 spiro atoms. The lowest BCUT2D eigenvalue weighted by atomic mass is 10.4. The van der Waals surface area contributed by atoms with Crippen LogP contribution in [0.1, 0.15) is 6.42 Å². The summed E-state index contributed by atoms with van der Waals surface area (Å²) in [7, 11) is 1.73. The maximum absolute atomic E-state index is 13.7. The molecule has 7 nitrogen and oxygen atoms in total. The van der Waals surface area contributed by atoms with Crippen LogP contribution in [0.5, 0.6) is 0 Å². The molecule has 1 aromatic heterocycles. The Balaban J connectivity index is 2.27. The number of aromatic nitrogens is 2. The van der Waals surface area contributed by atoms with Gasteiger partial charge in [-0.2, -0.15) is 4.98 Å². The summed E-state index contributed by atoms with van der Waals surface area (Å²) in [6.45, 7) is 1.33. The number of rotatable bonds is 2. The van der Waals surface area contributed by atoms with Gasteiger partial charge in [-0.3, -0.25) is 10.2 Å². The van der Waals surface area contributed by atoms with Crippen LogP contribution < -0.4 is 16.2 Å². The number of hydrogen-bond acceptors (Lipinski definition) is 6. The summed E-state index contributed by atoms with van der Waals surface area (Å²) in [5.41, 5.74) is 2.26. The van der Waals surface area contributed by atoms with Crippen LogP contribution in [-0.4, -0.2) is 47.5 Å². The number of hydrazine groups is 1. The van der Waals surface area contributed by atoms with Crippen LogP contribution in [0.25, 0.3) is 0 Å². The largest absolute Gasteiger partial charge is 0.345 e. The summed E-state index contributed by atoms with van der Waals surface area (Å²) in [6.07, 6.45) is 1.80. The van der Waals surface area contributed by atoms with Gasteiger partial charge in [-0.1, -0.05) is 0 Å². The molecule has 1 aromatic rings. The van der Waals surface area contributed by atoms with Crippen LogP contribution in [-0.2, 0) is 4.79 Å². The number of likely N-dealkylation sites (N-methyl/N-ethyl adjacent to an activating group) is 1. The second-order valence-corrected chi connectivity index (χ2v) is 4.10. The average molecular weight is 254 g/mol. The fourth-order valence-electron chi connectivity index (χ4n) is 1.82. The molecule has 0 saturated carbocycles. The minimum absolute atomic E-state index is 0.0623. The summed E-state index contributed by atoms with van der Waals surface area (Å²) in [4.78, 5) is 22.6. The van der Waals surface area contributed by atoms with Gasteiger partial charge < -0.3 is 9.80 Å². The molecule has 8 heteroatoms. The van der Waals surface area contributed by atoms with Crippen molar-refractivity contribution in [2.24, 2.45) is 5.84 Å². The molecule has 1 fully saturated rings. The first-order chi connectivity index (χ1) is 8.61. The van der Waals surface area contributed by atoms with Gasteiger partial charge in [0.05, 0.1) is 12.7 Å². The summed E-state index contributed by atoms with van der Waals surface area (Å²) in [6, 6.07) is 0. The van der Waals surface area contributed by atoms with E-state index in [0.29, 0.717) is 13.1 Å². The van der Waals surface area contributed by atoms with Crippen molar-refractivity contribution in [3.05, 3.63) is 12.0 Å². The zero-order valence-electron chi connectivity index (χ0n) is 10.1. The van der Waals surface area contributed by atoms with E-state index in [9.17, 15) is 9.18 Å². The van der Waals surface area contributed by atoms with E-state index >= 15 is 0 Å². The van der Waals surface area contributed by atoms with Crippen molar-refractivity contribution in [2.45, 2.75) is 6.42 Å². The van der Waals surface area contributed by atoms with E-state index in [2.05, 4.69) is 15.4 Å². The molecule has 0 aromatic carbocycles. The van der Waals surface area contributed by atoms with E-state index < -0.39 is 5.82 Å². The lowest BCUT2D eigenvalue weighted by molar-refractivity contribution is -0.127. The first-order valence-corrected chi connectivity index (χ1v) is 5.60. The molecule has 18 heavy (non-hydrogen) atoms. The molecule has 0 bridgehead atoms. The molecule has 1 amide bonds. The van der Waals surface area contributed by atoms with Gasteiger partial charge in [0.1, 0.15) is 0 Å². The minimum Gasteiger partial charge on any atom is -0.345 e. The van der Waals surface area contributed by atoms with Crippen LogP contribution in [0.2, 0.25) is 0 Å². The van der Waals surface area contributed by atoms with Crippen molar-refractivity contribution in [1.82, 2.24) is 14.9 Å². The molecule has 0 aliphatic carbocycles. The fraction of sp³-hybridized carbons (Fsp3) is 0.500. The smallest absolute Gasteiger partial charge is 0.241 e. The fourth-order valence-corrected chi connectivity index (χ4v) is 1.82. The second kappa shape index (κ2) is 5.13. The Labute approximate surface area is 104 Å². The number of amides is 1. The third-order valence-electron chi connectivity index (χ3n) is 2.83. The van der Waals surface area contributed by atoms with E-state index in [0.717, 1.165) is 12.6 Å². The lowest BCUT2D eigenvalue weighted by Gasteiger charge is -2.21. The van der Waals surface area contributed by atoms with Crippen LogP contribution >= 0.6 is 0 Å². The summed E-state index contributed by atoms with van der Waals surface area (Å²) in [5, 5.41) is 0. The molecule has 98 valence electrons. The average Bonchev–Trinajstić information content (AvgIpc) is 2.53. The molecular formula is C10H15FN6O. The third kappa shape index (κ3) is 2.48. The molecule has 0 atom stereocenters. The van der Waals surface area contributed by atoms with Crippen molar-refractivity contribution in [1.29, 1.82) is 0 Å². The molecule has 1 aliphatic heterocycles. The molecule has 1 aliphatic rings. The van der Waals surface area contributed by atoms with Crippen molar-refractivity contribution >= 4 is 17.7 Å². The highest BCUT2D eigenvalue weighted by molar-refractivity contribution is 5.81. The minimum atomic E-state index is -0.564. The van der Waals surface area contributed by atoms with Gasteiger partial charge in [0.15, 0.2) is 11.6 Å². The van der Waals surface area contributed by atoms with Gasteiger partial charge in [-0.05, 0) is 6.42 Å². The van der Waals surface area contributed by atoms with E-state index in [1.54, 1.807) is 16.8 Å². The SMILES string of the molecule is CN1CCCN(c2nc(NN)ncc2F)CC1=O. The Morgan fingerprint density at radius 1 is 1.50 bits per heavy atom. The third-order valence-corrected chi connectivity index (χ3v) is 2.83. The topological polar surface area (TPSA) is 87.4 Å². The van der Waals surface area contributed by atoms with Crippen LogP contribution in [0.3, 0.4) is 0 Å². The van der Waals surface area contributed by atoms with Gasteiger partial charge in [0.25, 0.3) is 0 Å². The number of carbonyl (C=O) groups is 1. The first kappa shape index (κ1) is 12.5. The highest BCUT2D eigenvalue weighted by atomic mass is 19.1. The van der Waals surface area contributed by atoms with Crippen LogP contribution in [0.15, 0.2) is 6.20 Å². The second-order valence-electron chi connectivity index (χ2n) is 4.10. The highest BCUT2D eigenvalue weighted by Gasteiger charge is 2.22. The molecule has 1 saturated heterocycles. The van der Waals surface area contributed by atoms with Crippen LogP contribution in [0, 0.1) is 5.82 Å². The number of carbonyl (C=O) groups excluding carboxylic acids is 1. The maximum Gasteiger partial charge on any atom is 0.241 e. The molecular weight excluding hydrogens is 239 g/mol. The molecule has 2 rings (SSSR count). The van der Waals surface area contributed by atoms with Crippen molar-refractivity contribution < 1.29 is 9.18 Å². The van der Waals surface area contributed by atoms with Gasteiger partial charge in [-0.15, -0.1) is 0 Å². The Hall–Kier alpha value is -1.96. The number of nitrogens with zero attached hydrogens (tertiary/aromatic N) is 4. The van der Waals surface area contributed by atoms with Gasteiger partial charge >= 0.3 is 0 Å². The normalized spacial score (nSPS) is 16.7. The summed E-state index contributed by atoms with van der Waals surface area (Å²) < 4.78 is 13.7. The molecule has 3 N–H and O–H groups in total. The van der Waals surface area contributed by atoms with E-state index in [4.69, 9.17) is 5.84 Å². The first-order valence-electron chi connectivity index (χ1n) is 5.60. The Kier molecular flexibility index (Phi) is 3.56. The zero-order chi connectivity index (χ0) is 13.1. The standard InChI is InChI=1S/C10H15FN6O/c1-16-3-2-4-17(6-8(16)18)9-7(11)5-13-10(14-9)15-12/h5H,2-4,6,12H2,1H3,(H,13,14,15). The number of nitrogens with two attached hydrogens (primary N) is 1. The van der Waals surface area contributed by atoms with Gasteiger partial charge in [0.2, 0.25) is 11.9 Å². The summed E-state index contributed by atoms with van der Waals surface area (Å²) in [5.74, 6) is 4.78. The van der Waals surface area contributed by atoms with Crippen LogP contribution in [0.4, 0.5) is 16.2 Å². The number of nitrogen functional groups attached to an aromatic ring is 1. The van der Waals surface area contributed by atoms with Crippen molar-refractivity contribution in [2.75, 3.05) is 37.0 Å². The summed E-state index contributed by atoms with van der Waals surface area (Å²) >= 11 is 0. The van der Waals surface area contributed by atoms with Gasteiger partial charge in [-0.25, -0.2) is 15.2 Å². The van der Waals surface area contributed by atoms with E-state index in [-0.39, 0.29) is 24.2 Å². The number of nitrogens with one attached hydrogen (secondary N) is 1. The van der Waals surface area contributed by atoms with E-state index in [1.807, 2.05) is 0 Å². The van der Waals surface area contributed by atoms with Gasteiger partial charge in [0, 0.05) is 20.1 Å². The number of hydrogen-bond donors (Lipinski definition) is 2. The zero-order valence-corrected chi connectivity index (χ0v) is 10.1. The number of halogens is 1. The van der Waals surface area contributed by atoms with E-state index in [1.165, 1.54) is 0 Å². The monoisotopic (exact) mass is 254 g/mol. The molecule has 0 unspecified atom stereocenters. The lowest BCUT2D eigenvalue weighted by Crippen LogP contribution is -2.35. The maximum atomic E-state index is 13.7. The highest BCUT2D eigenvalue weighted by Crippen LogP contribution is 2.18. The molecule has 2 heterocycles. The Bertz CT molecular complexity index is 454. The predicted octanol–water partition coefficient (Wildman–Crippen LogP) is -0.430. The predicted molar refractivity (Wildman–Crippen MR) is 64.3 cm³/mol. The Morgan fingerprint density at radius 3 is 3.00 bits per heavy atom. The molecule has 0 radical (unpaired) electrons. The van der Waals surface area contributed by atoms with Crippen molar-refractivity contribution in [3.8, 4) is 0 Å². The quantitative estimate of drug-likeness (QED) is 0.550. The Morgan fingerprint density at radius 2 is 2.28 bits per heavy atom. The number of anilines is 2. The van der Waals surface area contributed by atoms with Crippen molar-refractivity contribution in [3.63, 3.8) is 0 Å².